The van der Waals surface area contributed by atoms with E-state index in [0.717, 1.165) is 48.1 Å². The number of hydrogen-bond acceptors (Lipinski definition) is 4. The maximum atomic E-state index is 6.20. The minimum atomic E-state index is -0.0901. The SMILES string of the molecule is CCCCC1CC(N=C(N)OC)c2cc(-c3cncc(Cl)c3)ccc2O1. The van der Waals surface area contributed by atoms with Crippen molar-refractivity contribution in [2.75, 3.05) is 7.11 Å². The van der Waals surface area contributed by atoms with Crippen LogP contribution in [0.4, 0.5) is 0 Å². The van der Waals surface area contributed by atoms with E-state index in [1.807, 2.05) is 18.2 Å². The number of amidine groups is 1. The monoisotopic (exact) mass is 373 g/mol. The van der Waals surface area contributed by atoms with Crippen LogP contribution in [0.5, 0.6) is 5.75 Å². The molecule has 1 aromatic carbocycles. The first-order valence-electron chi connectivity index (χ1n) is 8.89. The van der Waals surface area contributed by atoms with Gasteiger partial charge in [-0.25, -0.2) is 4.99 Å². The van der Waals surface area contributed by atoms with Crippen LogP contribution in [-0.2, 0) is 4.74 Å². The first kappa shape index (κ1) is 18.5. The van der Waals surface area contributed by atoms with Crippen LogP contribution in [0.1, 0.15) is 44.2 Å². The largest absolute Gasteiger partial charge is 0.490 e. The third-order valence-corrected chi connectivity index (χ3v) is 4.77. The van der Waals surface area contributed by atoms with Crippen molar-refractivity contribution in [1.29, 1.82) is 0 Å². The predicted molar refractivity (Wildman–Crippen MR) is 105 cm³/mol. The van der Waals surface area contributed by atoms with Gasteiger partial charge in [-0.2, -0.15) is 0 Å². The van der Waals surface area contributed by atoms with Gasteiger partial charge in [-0.3, -0.25) is 4.98 Å². The molecule has 2 N–H and O–H groups in total. The van der Waals surface area contributed by atoms with Crippen molar-refractivity contribution in [3.8, 4) is 16.9 Å². The molecule has 2 atom stereocenters. The molecule has 0 fully saturated rings. The highest BCUT2D eigenvalue weighted by atomic mass is 35.5. The van der Waals surface area contributed by atoms with Crippen LogP contribution < -0.4 is 10.5 Å². The Morgan fingerprint density at radius 3 is 2.92 bits per heavy atom. The highest BCUT2D eigenvalue weighted by Crippen LogP contribution is 2.40. The minimum Gasteiger partial charge on any atom is -0.490 e. The highest BCUT2D eigenvalue weighted by molar-refractivity contribution is 6.30. The highest BCUT2D eigenvalue weighted by Gasteiger charge is 2.28. The number of hydrogen-bond donors (Lipinski definition) is 1. The summed E-state index contributed by atoms with van der Waals surface area (Å²) >= 11 is 6.08. The number of methoxy groups -OCH3 is 1. The van der Waals surface area contributed by atoms with Crippen LogP contribution in [0.15, 0.2) is 41.7 Å². The second-order valence-electron chi connectivity index (χ2n) is 6.45. The summed E-state index contributed by atoms with van der Waals surface area (Å²) in [6, 6.07) is 8.09. The third kappa shape index (κ3) is 4.28. The number of fused-ring (bicyclic) bond motifs is 1. The molecule has 1 aliphatic heterocycles. The molecule has 0 aliphatic carbocycles. The molecule has 0 saturated heterocycles. The maximum absolute atomic E-state index is 6.20. The summed E-state index contributed by atoms with van der Waals surface area (Å²) < 4.78 is 11.3. The standard InChI is InChI=1S/C20H24ClN3O2/c1-3-4-5-16-10-18(24-20(22)25-2)17-9-13(6-7-19(17)26-16)14-8-15(21)12-23-11-14/h6-9,11-12,16,18H,3-5,10H2,1-2H3,(H2,22,24). The summed E-state index contributed by atoms with van der Waals surface area (Å²) in [7, 11) is 1.53. The molecular formula is C20H24ClN3O2. The summed E-state index contributed by atoms with van der Waals surface area (Å²) in [5.41, 5.74) is 8.82. The quantitative estimate of drug-likeness (QED) is 0.606. The molecule has 0 radical (unpaired) electrons. The Labute approximate surface area is 159 Å². The van der Waals surface area contributed by atoms with Crippen LogP contribution in [0, 0.1) is 0 Å². The molecule has 138 valence electrons. The van der Waals surface area contributed by atoms with Crippen molar-refractivity contribution in [2.24, 2.45) is 10.7 Å². The number of unbranched alkanes of at least 4 members (excludes halogenated alkanes) is 1. The normalized spacial score (nSPS) is 19.6. The summed E-state index contributed by atoms with van der Waals surface area (Å²) in [6.07, 6.45) is 7.62. The van der Waals surface area contributed by atoms with E-state index < -0.39 is 0 Å². The van der Waals surface area contributed by atoms with Crippen LogP contribution in [0.25, 0.3) is 11.1 Å². The fraction of sp³-hybridized carbons (Fsp3) is 0.400. The van der Waals surface area contributed by atoms with Gasteiger partial charge >= 0.3 is 0 Å². The van der Waals surface area contributed by atoms with Crippen molar-refractivity contribution < 1.29 is 9.47 Å². The second kappa shape index (κ2) is 8.41. The lowest BCUT2D eigenvalue weighted by molar-refractivity contribution is 0.147. The average Bonchev–Trinajstić information content (AvgIpc) is 2.66. The summed E-state index contributed by atoms with van der Waals surface area (Å²) in [6.45, 7) is 2.18. The van der Waals surface area contributed by atoms with Crippen LogP contribution >= 0.6 is 11.6 Å². The molecule has 1 aliphatic rings. The van der Waals surface area contributed by atoms with Crippen LogP contribution in [-0.4, -0.2) is 24.2 Å². The molecular weight excluding hydrogens is 350 g/mol. The first-order chi connectivity index (χ1) is 12.6. The Bertz CT molecular complexity index is 794. The fourth-order valence-corrected chi connectivity index (χ4v) is 3.38. The van der Waals surface area contributed by atoms with Crippen molar-refractivity contribution in [1.82, 2.24) is 4.98 Å². The lowest BCUT2D eigenvalue weighted by atomic mass is 9.92. The Morgan fingerprint density at radius 2 is 2.19 bits per heavy atom. The molecule has 0 spiro atoms. The molecule has 6 heteroatoms. The zero-order valence-electron chi connectivity index (χ0n) is 15.1. The van der Waals surface area contributed by atoms with E-state index in [2.05, 4.69) is 23.0 Å². The Kier molecular flexibility index (Phi) is 5.99. The summed E-state index contributed by atoms with van der Waals surface area (Å²) in [4.78, 5) is 8.73. The van der Waals surface area contributed by atoms with Gasteiger partial charge in [-0.15, -0.1) is 0 Å². The van der Waals surface area contributed by atoms with Crippen molar-refractivity contribution in [3.63, 3.8) is 0 Å². The molecule has 3 rings (SSSR count). The van der Waals surface area contributed by atoms with Gasteiger partial charge in [0.2, 0.25) is 0 Å². The van der Waals surface area contributed by atoms with Gasteiger partial charge < -0.3 is 15.2 Å². The van der Waals surface area contributed by atoms with E-state index in [9.17, 15) is 0 Å². The maximum Gasteiger partial charge on any atom is 0.282 e. The molecule has 0 bridgehead atoms. The van der Waals surface area contributed by atoms with Gasteiger partial charge in [0.15, 0.2) is 0 Å². The summed E-state index contributed by atoms with van der Waals surface area (Å²) in [5, 5.41) is 0.606. The Hall–Kier alpha value is -2.27. The zero-order valence-corrected chi connectivity index (χ0v) is 15.9. The van der Waals surface area contributed by atoms with Crippen molar-refractivity contribution in [2.45, 2.75) is 44.8 Å². The molecule has 26 heavy (non-hydrogen) atoms. The average molecular weight is 374 g/mol. The van der Waals surface area contributed by atoms with E-state index in [4.69, 9.17) is 26.8 Å². The Morgan fingerprint density at radius 1 is 1.35 bits per heavy atom. The molecule has 2 unspecified atom stereocenters. The molecule has 2 heterocycles. The summed E-state index contributed by atoms with van der Waals surface area (Å²) in [5.74, 6) is 0.855. The van der Waals surface area contributed by atoms with Crippen molar-refractivity contribution in [3.05, 3.63) is 47.2 Å². The van der Waals surface area contributed by atoms with E-state index in [1.165, 1.54) is 7.11 Å². The van der Waals surface area contributed by atoms with E-state index in [0.29, 0.717) is 5.02 Å². The minimum absolute atomic E-state index is 0.0901. The third-order valence-electron chi connectivity index (χ3n) is 4.56. The lowest BCUT2D eigenvalue weighted by Crippen LogP contribution is -2.26. The van der Waals surface area contributed by atoms with Gasteiger partial charge in [0, 0.05) is 29.9 Å². The topological polar surface area (TPSA) is 69.7 Å². The van der Waals surface area contributed by atoms with Gasteiger partial charge in [0.25, 0.3) is 6.02 Å². The smallest absolute Gasteiger partial charge is 0.282 e. The number of pyridine rings is 1. The van der Waals surface area contributed by atoms with Gasteiger partial charge in [0.05, 0.1) is 18.2 Å². The number of nitrogens with zero attached hydrogens (tertiary/aromatic N) is 2. The molecule has 0 saturated carbocycles. The zero-order chi connectivity index (χ0) is 18.5. The fourth-order valence-electron chi connectivity index (χ4n) is 3.21. The molecule has 0 amide bonds. The van der Waals surface area contributed by atoms with Gasteiger partial charge in [-0.05, 0) is 30.2 Å². The van der Waals surface area contributed by atoms with Crippen LogP contribution in [0.3, 0.4) is 0 Å². The second-order valence-corrected chi connectivity index (χ2v) is 6.89. The van der Waals surface area contributed by atoms with E-state index in [-0.39, 0.29) is 18.2 Å². The number of aliphatic imine (C=N–C) groups is 1. The van der Waals surface area contributed by atoms with Gasteiger partial charge in [-0.1, -0.05) is 37.4 Å². The van der Waals surface area contributed by atoms with Gasteiger partial charge in [0.1, 0.15) is 11.9 Å². The number of rotatable bonds is 5. The Balaban J connectivity index is 1.97. The molecule has 2 aromatic rings. The first-order valence-corrected chi connectivity index (χ1v) is 9.27. The number of aromatic nitrogens is 1. The molecule has 5 nitrogen and oxygen atoms in total. The number of ether oxygens (including phenoxy) is 2. The number of halogens is 1. The number of nitrogens with two attached hydrogens (primary N) is 1. The van der Waals surface area contributed by atoms with Crippen molar-refractivity contribution >= 4 is 17.6 Å². The van der Waals surface area contributed by atoms with Crippen LogP contribution in [0.2, 0.25) is 5.02 Å². The lowest BCUT2D eigenvalue weighted by Gasteiger charge is -2.31. The van der Waals surface area contributed by atoms with E-state index >= 15 is 0 Å². The van der Waals surface area contributed by atoms with E-state index in [1.54, 1.807) is 12.4 Å². The predicted octanol–water partition coefficient (Wildman–Crippen LogP) is 4.75. The molecule has 1 aromatic heterocycles. The number of benzene rings is 1.